The maximum absolute atomic E-state index is 14.4. The number of fused-ring (bicyclic) bond motifs is 1. The molecule has 8 amide bonds. The molecule has 42 nitrogen and oxygen atoms in total. The van der Waals surface area contributed by atoms with Gasteiger partial charge in [-0.1, -0.05) is 33.7 Å². The van der Waals surface area contributed by atoms with Crippen LogP contribution in [-0.2, 0) is 64.0 Å². The lowest BCUT2D eigenvalue weighted by Crippen LogP contribution is -2.59. The molecule has 8 atom stereocenters. The van der Waals surface area contributed by atoms with Crippen LogP contribution in [-0.4, -0.2) is 246 Å². The average Bonchev–Trinajstić information content (AvgIpc) is 1.60. The zero-order valence-electron chi connectivity index (χ0n) is 58.9. The van der Waals surface area contributed by atoms with Crippen molar-refractivity contribution in [1.82, 2.24) is 67.0 Å². The molecule has 2 aliphatic heterocycles. The molecule has 0 spiro atoms. The van der Waals surface area contributed by atoms with Gasteiger partial charge in [0.15, 0.2) is 34.9 Å². The van der Waals surface area contributed by atoms with E-state index in [1.807, 2.05) is 17.4 Å². The third kappa shape index (κ3) is 24.4. The van der Waals surface area contributed by atoms with E-state index in [0.717, 1.165) is 27.2 Å². The number of carbonyl (C=O) groups is 13. The molecule has 44 heteroatoms. The summed E-state index contributed by atoms with van der Waals surface area (Å²) in [5.74, 6) is -16.5. The van der Waals surface area contributed by atoms with E-state index >= 15 is 0 Å². The Morgan fingerprint density at radius 2 is 1.30 bits per heavy atom. The van der Waals surface area contributed by atoms with E-state index in [0.29, 0.717) is 22.7 Å². The van der Waals surface area contributed by atoms with Crippen LogP contribution < -0.4 is 79.5 Å². The summed E-state index contributed by atoms with van der Waals surface area (Å²) in [5, 5.41) is 75.3. The first kappa shape index (κ1) is 84.5. The Kier molecular flexibility index (Phi) is 31.0. The first-order valence-corrected chi connectivity index (χ1v) is 35.7. The number of ether oxygens (including phenoxy) is 5. The Morgan fingerprint density at radius 1 is 0.709 bits per heavy atom. The molecule has 0 aliphatic carbocycles. The van der Waals surface area contributed by atoms with Gasteiger partial charge in [-0.2, -0.15) is 4.98 Å². The van der Waals surface area contributed by atoms with Gasteiger partial charge in [0.1, 0.15) is 48.6 Å². The third-order valence-corrected chi connectivity index (χ3v) is 18.8. The third-order valence-electron chi connectivity index (χ3n) is 16.4. The van der Waals surface area contributed by atoms with Crippen molar-refractivity contribution in [3.63, 3.8) is 0 Å². The van der Waals surface area contributed by atoms with Gasteiger partial charge in [-0.3, -0.25) is 68.0 Å². The first-order chi connectivity index (χ1) is 52.4. The Balaban J connectivity index is 0.921. The van der Waals surface area contributed by atoms with Crippen LogP contribution in [0, 0.1) is 5.41 Å². The number of nitrogens with two attached hydrogens (primary N) is 3. The molecule has 1 saturated heterocycles. The Hall–Kier alpha value is -12.7. The predicted molar refractivity (Wildman–Crippen MR) is 390 cm³/mol. The summed E-state index contributed by atoms with van der Waals surface area (Å²) in [7, 11) is 6.20. The number of carboxylic acids is 5. The highest BCUT2D eigenvalue weighted by molar-refractivity contribution is 8.76. The van der Waals surface area contributed by atoms with Crippen molar-refractivity contribution in [3.8, 4) is 17.2 Å². The number of aromatic amines is 1. The first-order valence-electron chi connectivity index (χ1n) is 33.2. The highest BCUT2D eigenvalue weighted by atomic mass is 33.1. The second kappa shape index (κ2) is 40.3. The number of carbonyl (C=O) groups excluding carboxylic acids is 8. The van der Waals surface area contributed by atoms with Gasteiger partial charge < -0.3 is 114 Å². The minimum atomic E-state index is -2.20. The fraction of sp³-hybridized carbons (Fsp3) is 0.394. The Morgan fingerprint density at radius 3 is 1.89 bits per heavy atom. The number of H-pyrrole nitrogens is 1. The van der Waals surface area contributed by atoms with Crippen molar-refractivity contribution in [1.29, 1.82) is 5.41 Å². The Bertz CT molecular complexity index is 4360. The van der Waals surface area contributed by atoms with Crippen LogP contribution >= 0.6 is 21.6 Å². The molecular formula is C66H80N18O24S2. The van der Waals surface area contributed by atoms with Gasteiger partial charge in [0, 0.05) is 53.7 Å². The van der Waals surface area contributed by atoms with Crippen molar-refractivity contribution >= 4 is 139 Å². The fourth-order valence-electron chi connectivity index (χ4n) is 11.0. The standard InChI is InChI=1S/C66H80N18O24S2/c1-104-36-12-8-31(9-13-36)33-21-45(84(29-33)60(98)37-22-46(105-2)47(106-3)23-38(37)67)61-83(17-18-107-61)66(103)108-19-20-109-110-30-44(63(101)102)80-58(96)43(26-51(90)91)79-57(95)42(25-50(88)89)78-55(93)39(5-4-16-71-64(68)69)76-56(94)41(24-49(86)87)75-48(85)15-14-40(62(99)100)77-54(92)32-6-10-34(11-7-32)72-27-35-28-73-53-52(74-35)59(97)82-65(70)81-53/h6-13,22-23,28-29,39-45,61,72H,4-5,14-21,24-27,30,67H2,1-3H3,(H,75,85)(H,76,94)(H,77,92)(H,78,93)(H,79,95)(H,80,96)(H,86,87)(H,88,89)(H,90,91)(H,99,100)(H,101,102)(H4,68,69,71)(H3,70,73,81,82,97)/t39-,40-,41-,42-,43-,44-,45-,61?/m0/s1. The maximum atomic E-state index is 14.4. The van der Waals surface area contributed by atoms with E-state index in [4.69, 9.17) is 46.3 Å². The molecule has 0 radical (unpaired) electrons. The monoisotopic (exact) mass is 1570 g/mol. The molecule has 21 N–H and O–H groups in total. The number of nitrogens with one attached hydrogen (secondary N) is 10. The SMILES string of the molecule is COc1ccc(C2=CN(C(=O)c3cc(OC)c(OC)cc3N)[C@H](C3OCCN3C(=O)OCCSSC[C@H](NC(=O)[C@H](CC(=O)O)NC(=O)[C@H](CC(=O)O)NC(=O)[C@H](CCCNC(=N)N)NC(=O)[C@H](CC(=O)O)NC(=O)CC[C@H](NC(=O)c3ccc(NCc4cnc5nc(N)[nH]c(=O)c5n4)cc3)C(=O)O)C(=O)O)C2)cc1. The topological polar surface area (TPSA) is 645 Å². The second-order valence-corrected chi connectivity index (χ2v) is 26.8. The van der Waals surface area contributed by atoms with E-state index in [9.17, 15) is 92.7 Å². The van der Waals surface area contributed by atoms with Gasteiger partial charge >= 0.3 is 35.9 Å². The molecule has 7 rings (SSSR count). The van der Waals surface area contributed by atoms with Gasteiger partial charge in [-0.15, -0.1) is 0 Å². The van der Waals surface area contributed by atoms with E-state index in [1.165, 1.54) is 73.7 Å². The number of carboxylic acid groups (broad SMARTS) is 5. The number of hydrogen-bond acceptors (Lipinski definition) is 28. The van der Waals surface area contributed by atoms with Crippen LogP contribution in [0.4, 0.5) is 22.1 Å². The number of anilines is 3. The number of guanidine groups is 1. The van der Waals surface area contributed by atoms with Crippen LogP contribution in [0.5, 0.6) is 17.2 Å². The van der Waals surface area contributed by atoms with Crippen molar-refractivity contribution in [3.05, 3.63) is 106 Å². The lowest BCUT2D eigenvalue weighted by molar-refractivity contribution is -0.144. The van der Waals surface area contributed by atoms with Crippen LogP contribution in [0.25, 0.3) is 16.7 Å². The quantitative estimate of drug-likeness (QED) is 0.00719. The van der Waals surface area contributed by atoms with Crippen molar-refractivity contribution < 1.29 is 112 Å². The lowest BCUT2D eigenvalue weighted by Gasteiger charge is -2.33. The van der Waals surface area contributed by atoms with Crippen molar-refractivity contribution in [2.75, 3.05) is 75.9 Å². The van der Waals surface area contributed by atoms with Gasteiger partial charge in [0.2, 0.25) is 35.5 Å². The average molecular weight is 1570 g/mol. The van der Waals surface area contributed by atoms with E-state index in [-0.39, 0.29) is 96.9 Å². The van der Waals surface area contributed by atoms with Gasteiger partial charge in [-0.25, -0.2) is 24.4 Å². The van der Waals surface area contributed by atoms with Gasteiger partial charge in [-0.05, 0) is 79.3 Å². The molecule has 5 aromatic rings. The number of aliphatic carboxylic acids is 5. The molecule has 4 heterocycles. The summed E-state index contributed by atoms with van der Waals surface area (Å²) >= 11 is 0. The molecule has 0 saturated carbocycles. The maximum Gasteiger partial charge on any atom is 0.412 e. The molecule has 1 fully saturated rings. The van der Waals surface area contributed by atoms with Gasteiger partial charge in [0.05, 0.1) is 83.8 Å². The number of nitrogens with zero attached hydrogens (tertiary/aromatic N) is 5. The molecule has 590 valence electrons. The van der Waals surface area contributed by atoms with E-state index in [1.54, 1.807) is 18.3 Å². The van der Waals surface area contributed by atoms with Crippen LogP contribution in [0.3, 0.4) is 0 Å². The molecule has 1 unspecified atom stereocenters. The summed E-state index contributed by atoms with van der Waals surface area (Å²) in [6.45, 7) is -0.193. The molecule has 2 aromatic heterocycles. The van der Waals surface area contributed by atoms with Crippen LogP contribution in [0.15, 0.2) is 77.9 Å². The lowest BCUT2D eigenvalue weighted by atomic mass is 10.0. The highest BCUT2D eigenvalue weighted by Crippen LogP contribution is 2.39. The Labute approximate surface area is 631 Å². The normalized spacial score (nSPS) is 15.3. The number of benzene rings is 3. The number of aromatic nitrogens is 4. The summed E-state index contributed by atoms with van der Waals surface area (Å²) in [6.07, 6.45) is -4.23. The molecule has 2 aliphatic rings. The number of rotatable bonds is 41. The molecular weight excluding hydrogens is 1490 g/mol. The highest BCUT2D eigenvalue weighted by Gasteiger charge is 2.45. The number of nitrogen functional groups attached to an aromatic ring is 2. The van der Waals surface area contributed by atoms with Gasteiger partial charge in [0.25, 0.3) is 17.4 Å². The van der Waals surface area contributed by atoms with Crippen molar-refractivity contribution in [2.45, 2.75) is 106 Å². The second-order valence-electron chi connectivity index (χ2n) is 24.1. The predicted octanol–water partition coefficient (Wildman–Crippen LogP) is -1.19. The minimum Gasteiger partial charge on any atom is -0.497 e. The number of hydrogen-bond donors (Lipinski definition) is 18. The van der Waals surface area contributed by atoms with Crippen molar-refractivity contribution in [2.24, 2.45) is 5.73 Å². The van der Waals surface area contributed by atoms with E-state index < -0.39 is 182 Å². The van der Waals surface area contributed by atoms with E-state index in [2.05, 4.69) is 57.2 Å². The smallest absolute Gasteiger partial charge is 0.412 e. The zero-order valence-corrected chi connectivity index (χ0v) is 60.6. The fourth-order valence-corrected chi connectivity index (χ4v) is 13.0. The number of methoxy groups -OCH3 is 3. The zero-order chi connectivity index (χ0) is 80.5. The molecule has 110 heavy (non-hydrogen) atoms. The molecule has 0 bridgehead atoms. The summed E-state index contributed by atoms with van der Waals surface area (Å²) in [4.78, 5) is 201. The van der Waals surface area contributed by atoms with Crippen LogP contribution in [0.2, 0.25) is 0 Å². The summed E-state index contributed by atoms with van der Waals surface area (Å²) in [6, 6.07) is 3.09. The minimum absolute atomic E-state index is 0.0239. The summed E-state index contributed by atoms with van der Waals surface area (Å²) < 4.78 is 27.8. The summed E-state index contributed by atoms with van der Waals surface area (Å²) in [5.41, 5.74) is 19.1. The number of amides is 8. The molecule has 3 aromatic carbocycles. The van der Waals surface area contributed by atoms with Crippen LogP contribution in [0.1, 0.15) is 83.3 Å². The largest absolute Gasteiger partial charge is 0.497 e.